The summed E-state index contributed by atoms with van der Waals surface area (Å²) in [5.41, 5.74) is 19.2. The number of fused-ring (bicyclic) bond motifs is 2. The normalized spacial score (nSPS) is 11.5. The number of thiazole rings is 2. The summed E-state index contributed by atoms with van der Waals surface area (Å²) < 4.78 is 1.95. The molecule has 0 aliphatic carbocycles. The van der Waals surface area contributed by atoms with Crippen LogP contribution in [0.2, 0.25) is 0 Å². The summed E-state index contributed by atoms with van der Waals surface area (Å²) in [6.07, 6.45) is 0. The molecule has 0 saturated carbocycles. The Balaban J connectivity index is 2.56. The molecule has 0 saturated heterocycles. The number of anilines is 3. The van der Waals surface area contributed by atoms with Crippen LogP contribution >= 0.6 is 22.7 Å². The number of rotatable bonds is 0. The van der Waals surface area contributed by atoms with E-state index in [1.54, 1.807) is 0 Å². The lowest BCUT2D eigenvalue weighted by atomic mass is 10.2. The van der Waals surface area contributed by atoms with Gasteiger partial charge in [-0.05, 0) is 6.07 Å². The number of hydrogen-bond donors (Lipinski definition) is 3. The van der Waals surface area contributed by atoms with Crippen molar-refractivity contribution in [1.29, 1.82) is 0 Å². The molecule has 5 nitrogen and oxygen atoms in total. The average Bonchev–Trinajstić information content (AvgIpc) is 2.69. The van der Waals surface area contributed by atoms with Crippen molar-refractivity contribution < 1.29 is 0 Å². The minimum absolute atomic E-state index is 0.516. The molecule has 0 unspecified atom stereocenters. The SMILES string of the molecule is Nc1nc2c(N)c3nc(N)sc3cc2s1. The largest absolute Gasteiger partial charge is 0.395 e. The molecule has 6 N–H and O–H groups in total. The number of nitrogens with zero attached hydrogens (tertiary/aromatic N) is 2. The molecule has 7 heteroatoms. The van der Waals surface area contributed by atoms with E-state index >= 15 is 0 Å². The fraction of sp³-hybridized carbons (Fsp3) is 0. The zero-order chi connectivity index (χ0) is 10.6. The van der Waals surface area contributed by atoms with Crippen LogP contribution in [0.3, 0.4) is 0 Å². The predicted octanol–water partition coefficient (Wildman–Crippen LogP) is 1.65. The number of benzene rings is 1. The number of aromatic nitrogens is 2. The third-order valence-electron chi connectivity index (χ3n) is 2.11. The van der Waals surface area contributed by atoms with E-state index in [-0.39, 0.29) is 0 Å². The first-order valence-corrected chi connectivity index (χ1v) is 5.79. The van der Waals surface area contributed by atoms with E-state index in [1.807, 2.05) is 6.07 Å². The second-order valence-corrected chi connectivity index (χ2v) is 5.21. The van der Waals surface area contributed by atoms with Crippen LogP contribution in [0.5, 0.6) is 0 Å². The second kappa shape index (κ2) is 2.71. The van der Waals surface area contributed by atoms with Crippen molar-refractivity contribution in [3.05, 3.63) is 6.07 Å². The van der Waals surface area contributed by atoms with Gasteiger partial charge in [-0.15, -0.1) is 0 Å². The standard InChI is InChI=1S/C8H7N5S2/c9-4-5-2(14-7(10)12-5)1-3-6(4)13-8(11)15-3/h1H,9H2,(H2,10,12)(H2,11,13). The number of nitrogen functional groups attached to an aromatic ring is 3. The van der Waals surface area contributed by atoms with E-state index < -0.39 is 0 Å². The van der Waals surface area contributed by atoms with Crippen LogP contribution < -0.4 is 17.2 Å². The van der Waals surface area contributed by atoms with Crippen molar-refractivity contribution in [1.82, 2.24) is 9.97 Å². The lowest BCUT2D eigenvalue weighted by Gasteiger charge is -1.95. The molecule has 76 valence electrons. The third kappa shape index (κ3) is 1.13. The van der Waals surface area contributed by atoms with Crippen molar-refractivity contribution in [2.45, 2.75) is 0 Å². The average molecular weight is 237 g/mol. The van der Waals surface area contributed by atoms with Gasteiger partial charge in [-0.2, -0.15) is 0 Å². The molecule has 0 fully saturated rings. The van der Waals surface area contributed by atoms with E-state index in [4.69, 9.17) is 17.2 Å². The van der Waals surface area contributed by atoms with Crippen LogP contribution in [0, 0.1) is 0 Å². The first-order chi connectivity index (χ1) is 7.15. The summed E-state index contributed by atoms with van der Waals surface area (Å²) in [7, 11) is 0. The lowest BCUT2D eigenvalue weighted by molar-refractivity contribution is 1.47. The number of hydrogen-bond acceptors (Lipinski definition) is 7. The first-order valence-electron chi connectivity index (χ1n) is 4.15. The molecule has 0 aliphatic rings. The van der Waals surface area contributed by atoms with Crippen LogP contribution in [0.15, 0.2) is 6.07 Å². The molecule has 1 aromatic carbocycles. The predicted molar refractivity (Wildman–Crippen MR) is 66.0 cm³/mol. The summed E-state index contributed by atoms with van der Waals surface area (Å²) in [5.74, 6) is 0. The van der Waals surface area contributed by atoms with Gasteiger partial charge in [0.25, 0.3) is 0 Å². The molecule has 2 heterocycles. The number of nitrogens with two attached hydrogens (primary N) is 3. The van der Waals surface area contributed by atoms with Gasteiger partial charge in [-0.1, -0.05) is 22.7 Å². The van der Waals surface area contributed by atoms with E-state index in [9.17, 15) is 0 Å². The molecular formula is C8H7N5S2. The molecule has 3 rings (SSSR count). The topological polar surface area (TPSA) is 104 Å². The van der Waals surface area contributed by atoms with Crippen LogP contribution in [0.25, 0.3) is 20.4 Å². The zero-order valence-electron chi connectivity index (χ0n) is 7.52. The van der Waals surface area contributed by atoms with Gasteiger partial charge in [0.05, 0.1) is 15.1 Å². The quantitative estimate of drug-likeness (QED) is 0.516. The van der Waals surface area contributed by atoms with Gasteiger partial charge in [0.2, 0.25) is 0 Å². The maximum atomic E-state index is 5.96. The van der Waals surface area contributed by atoms with Crippen molar-refractivity contribution in [2.75, 3.05) is 17.2 Å². The fourth-order valence-electron chi connectivity index (χ4n) is 1.51. The van der Waals surface area contributed by atoms with E-state index in [0.29, 0.717) is 16.0 Å². The van der Waals surface area contributed by atoms with Gasteiger partial charge < -0.3 is 17.2 Å². The first kappa shape index (κ1) is 8.69. The minimum Gasteiger partial charge on any atom is -0.395 e. The second-order valence-electron chi connectivity index (χ2n) is 3.09. The highest BCUT2D eigenvalue weighted by Crippen LogP contribution is 2.37. The smallest absolute Gasteiger partial charge is 0.181 e. The Morgan fingerprint density at radius 3 is 1.80 bits per heavy atom. The van der Waals surface area contributed by atoms with Gasteiger partial charge in [0, 0.05) is 0 Å². The van der Waals surface area contributed by atoms with Crippen molar-refractivity contribution in [3.63, 3.8) is 0 Å². The minimum atomic E-state index is 0.516. The van der Waals surface area contributed by atoms with E-state index in [1.165, 1.54) is 22.7 Å². The maximum Gasteiger partial charge on any atom is 0.181 e. The molecular weight excluding hydrogens is 230 g/mol. The molecule has 0 aliphatic heterocycles. The van der Waals surface area contributed by atoms with Gasteiger partial charge in [0.15, 0.2) is 10.3 Å². The van der Waals surface area contributed by atoms with Gasteiger partial charge >= 0.3 is 0 Å². The molecule has 0 amide bonds. The van der Waals surface area contributed by atoms with Gasteiger partial charge in [0.1, 0.15) is 11.0 Å². The molecule has 0 atom stereocenters. The van der Waals surface area contributed by atoms with Crippen LogP contribution in [0.1, 0.15) is 0 Å². The van der Waals surface area contributed by atoms with E-state index in [0.717, 1.165) is 20.4 Å². The Bertz CT molecular complexity index is 614. The summed E-state index contributed by atoms with van der Waals surface area (Å²) >= 11 is 2.83. The van der Waals surface area contributed by atoms with Gasteiger partial charge in [-0.3, -0.25) is 0 Å². The molecule has 0 bridgehead atoms. The summed E-state index contributed by atoms with van der Waals surface area (Å²) in [6.45, 7) is 0. The zero-order valence-corrected chi connectivity index (χ0v) is 9.15. The fourth-order valence-corrected chi connectivity index (χ4v) is 3.17. The summed E-state index contributed by atoms with van der Waals surface area (Å²) in [6, 6.07) is 1.98. The Kier molecular flexibility index (Phi) is 1.57. The monoisotopic (exact) mass is 237 g/mol. The summed E-state index contributed by atoms with van der Waals surface area (Å²) in [5, 5.41) is 1.03. The van der Waals surface area contributed by atoms with E-state index in [2.05, 4.69) is 9.97 Å². The molecule has 0 spiro atoms. The van der Waals surface area contributed by atoms with Crippen molar-refractivity contribution in [2.24, 2.45) is 0 Å². The highest BCUT2D eigenvalue weighted by Gasteiger charge is 2.12. The highest BCUT2D eigenvalue weighted by atomic mass is 32.1. The van der Waals surface area contributed by atoms with Crippen LogP contribution in [0.4, 0.5) is 16.0 Å². The third-order valence-corrected chi connectivity index (χ3v) is 3.78. The Labute approximate surface area is 92.5 Å². The molecule has 3 aromatic rings. The Hall–Kier alpha value is -1.60. The Morgan fingerprint density at radius 2 is 1.33 bits per heavy atom. The van der Waals surface area contributed by atoms with Crippen LogP contribution in [-0.4, -0.2) is 9.97 Å². The van der Waals surface area contributed by atoms with Crippen molar-refractivity contribution >= 4 is 59.1 Å². The molecule has 15 heavy (non-hydrogen) atoms. The summed E-state index contributed by atoms with van der Waals surface area (Å²) in [4.78, 5) is 8.33. The molecule has 2 aromatic heterocycles. The van der Waals surface area contributed by atoms with Crippen LogP contribution in [-0.2, 0) is 0 Å². The maximum absolute atomic E-state index is 5.96. The van der Waals surface area contributed by atoms with Gasteiger partial charge in [-0.25, -0.2) is 9.97 Å². The lowest BCUT2D eigenvalue weighted by Crippen LogP contribution is -1.89. The Morgan fingerprint density at radius 1 is 0.867 bits per heavy atom. The highest BCUT2D eigenvalue weighted by molar-refractivity contribution is 7.24. The molecule has 0 radical (unpaired) electrons. The van der Waals surface area contributed by atoms with Crippen molar-refractivity contribution in [3.8, 4) is 0 Å².